The van der Waals surface area contributed by atoms with Gasteiger partial charge in [-0.25, -0.2) is 0 Å². The minimum absolute atomic E-state index is 0. The molecule has 2 heterocycles. The van der Waals surface area contributed by atoms with E-state index in [-0.39, 0.29) is 30.9 Å². The molecule has 25 heavy (non-hydrogen) atoms. The van der Waals surface area contributed by atoms with Crippen molar-refractivity contribution in [2.24, 2.45) is 0 Å². The van der Waals surface area contributed by atoms with Gasteiger partial charge in [-0.1, -0.05) is 12.1 Å². The second-order valence-corrected chi connectivity index (χ2v) is 6.53. The molecule has 140 valence electrons. The maximum absolute atomic E-state index is 5.77. The number of piperazine rings is 1. The van der Waals surface area contributed by atoms with Gasteiger partial charge in [0.1, 0.15) is 0 Å². The molecule has 0 saturated carbocycles. The fourth-order valence-electron chi connectivity index (χ4n) is 3.07. The summed E-state index contributed by atoms with van der Waals surface area (Å²) in [4.78, 5) is 3.92. The van der Waals surface area contributed by atoms with Crippen LogP contribution in [0.2, 0.25) is 0 Å². The van der Waals surface area contributed by atoms with Gasteiger partial charge in [-0.15, -0.1) is 36.2 Å². The standard InChI is InChI=1S/C18H24N2O2S.2ClH/c1-3-22-16-13-14(6-7-15(16)21-2)18(17-5-4-12-23-17)20-10-8-19-9-11-20;;/h4-7,12-13,18-19H,3,8-11H2,1-2H3;2*1H/t18-;;/m0../s1. The Balaban J connectivity index is 0.00000156. The molecule has 0 aliphatic carbocycles. The molecule has 7 heteroatoms. The molecule has 0 spiro atoms. The van der Waals surface area contributed by atoms with E-state index in [9.17, 15) is 0 Å². The molecule has 0 unspecified atom stereocenters. The third-order valence-electron chi connectivity index (χ3n) is 4.13. The first-order chi connectivity index (χ1) is 11.3. The van der Waals surface area contributed by atoms with Crippen molar-refractivity contribution in [1.82, 2.24) is 10.2 Å². The molecule has 1 atom stereocenters. The van der Waals surface area contributed by atoms with Crippen LogP contribution >= 0.6 is 36.2 Å². The molecule has 1 aromatic carbocycles. The van der Waals surface area contributed by atoms with E-state index in [0.29, 0.717) is 6.61 Å². The van der Waals surface area contributed by atoms with Gasteiger partial charge in [-0.05, 0) is 36.1 Å². The van der Waals surface area contributed by atoms with Gasteiger partial charge in [0.15, 0.2) is 11.5 Å². The first kappa shape index (κ1) is 22.1. The molecular formula is C18H26Cl2N2O2S. The lowest BCUT2D eigenvalue weighted by Crippen LogP contribution is -2.45. The van der Waals surface area contributed by atoms with E-state index in [1.165, 1.54) is 10.4 Å². The van der Waals surface area contributed by atoms with Crippen LogP contribution in [0.4, 0.5) is 0 Å². The Kier molecular flexibility index (Phi) is 9.61. The number of hydrogen-bond acceptors (Lipinski definition) is 5. The van der Waals surface area contributed by atoms with Crippen molar-refractivity contribution >= 4 is 36.2 Å². The maximum Gasteiger partial charge on any atom is 0.161 e. The summed E-state index contributed by atoms with van der Waals surface area (Å²) >= 11 is 1.81. The van der Waals surface area contributed by atoms with Crippen LogP contribution in [0.5, 0.6) is 11.5 Å². The Morgan fingerprint density at radius 3 is 2.52 bits per heavy atom. The van der Waals surface area contributed by atoms with Gasteiger partial charge in [-0.2, -0.15) is 0 Å². The lowest BCUT2D eigenvalue weighted by Gasteiger charge is -2.35. The van der Waals surface area contributed by atoms with E-state index in [0.717, 1.165) is 37.7 Å². The maximum atomic E-state index is 5.77. The number of benzene rings is 1. The Bertz CT molecular complexity index is 620. The third-order valence-corrected chi connectivity index (χ3v) is 5.06. The van der Waals surface area contributed by atoms with Crippen LogP contribution in [0.3, 0.4) is 0 Å². The fraction of sp³-hybridized carbons (Fsp3) is 0.444. The number of rotatable bonds is 6. The molecule has 1 saturated heterocycles. The number of nitrogens with zero attached hydrogens (tertiary/aromatic N) is 1. The largest absolute Gasteiger partial charge is 0.493 e. The van der Waals surface area contributed by atoms with E-state index in [1.54, 1.807) is 7.11 Å². The normalized spacial score (nSPS) is 15.6. The number of methoxy groups -OCH3 is 1. The summed E-state index contributed by atoms with van der Waals surface area (Å²) in [5.74, 6) is 1.62. The second-order valence-electron chi connectivity index (χ2n) is 5.55. The quantitative estimate of drug-likeness (QED) is 0.788. The number of ether oxygens (including phenoxy) is 2. The highest BCUT2D eigenvalue weighted by molar-refractivity contribution is 7.10. The lowest BCUT2D eigenvalue weighted by molar-refractivity contribution is 0.200. The Labute approximate surface area is 166 Å². The monoisotopic (exact) mass is 404 g/mol. The molecule has 0 amide bonds. The lowest BCUT2D eigenvalue weighted by atomic mass is 10.0. The summed E-state index contributed by atoms with van der Waals surface area (Å²) in [5.41, 5.74) is 1.26. The van der Waals surface area contributed by atoms with Crippen molar-refractivity contribution in [2.45, 2.75) is 13.0 Å². The highest BCUT2D eigenvalue weighted by Gasteiger charge is 2.25. The summed E-state index contributed by atoms with van der Waals surface area (Å²) in [6, 6.07) is 10.9. The van der Waals surface area contributed by atoms with E-state index < -0.39 is 0 Å². The SMILES string of the molecule is CCOc1cc([C@@H](c2cccs2)N2CCNCC2)ccc1OC.Cl.Cl. The van der Waals surface area contributed by atoms with E-state index >= 15 is 0 Å². The predicted octanol–water partition coefficient (Wildman–Crippen LogP) is 3.99. The van der Waals surface area contributed by atoms with Crippen LogP contribution in [0.1, 0.15) is 23.4 Å². The Morgan fingerprint density at radius 1 is 1.16 bits per heavy atom. The molecule has 1 fully saturated rings. The molecule has 1 aliphatic rings. The third kappa shape index (κ3) is 5.25. The summed E-state index contributed by atoms with van der Waals surface area (Å²) < 4.78 is 11.2. The van der Waals surface area contributed by atoms with E-state index in [4.69, 9.17) is 9.47 Å². The number of thiophene rings is 1. The summed E-state index contributed by atoms with van der Waals surface area (Å²) in [6.07, 6.45) is 0. The molecule has 0 bridgehead atoms. The first-order valence-corrected chi connectivity index (χ1v) is 9.00. The van der Waals surface area contributed by atoms with Gasteiger partial charge in [-0.3, -0.25) is 4.90 Å². The highest BCUT2D eigenvalue weighted by atomic mass is 35.5. The van der Waals surface area contributed by atoms with Crippen LogP contribution in [-0.4, -0.2) is 44.8 Å². The van der Waals surface area contributed by atoms with Gasteiger partial charge in [0, 0.05) is 31.1 Å². The smallest absolute Gasteiger partial charge is 0.161 e. The molecular weight excluding hydrogens is 379 g/mol. The van der Waals surface area contributed by atoms with Crippen LogP contribution in [-0.2, 0) is 0 Å². The average molecular weight is 405 g/mol. The average Bonchev–Trinajstić information content (AvgIpc) is 3.11. The number of halogens is 2. The van der Waals surface area contributed by atoms with Gasteiger partial charge in [0.05, 0.1) is 19.8 Å². The first-order valence-electron chi connectivity index (χ1n) is 8.12. The molecule has 3 rings (SSSR count). The predicted molar refractivity (Wildman–Crippen MR) is 109 cm³/mol. The van der Waals surface area contributed by atoms with Crippen molar-refractivity contribution in [2.75, 3.05) is 39.9 Å². The topological polar surface area (TPSA) is 33.7 Å². The number of hydrogen-bond donors (Lipinski definition) is 1. The molecule has 1 aliphatic heterocycles. The zero-order chi connectivity index (χ0) is 16.1. The molecule has 1 aromatic heterocycles. The van der Waals surface area contributed by atoms with Gasteiger partial charge in [0.25, 0.3) is 0 Å². The summed E-state index contributed by atoms with van der Waals surface area (Å²) in [7, 11) is 1.69. The van der Waals surface area contributed by atoms with Crippen LogP contribution in [0.15, 0.2) is 35.7 Å². The Morgan fingerprint density at radius 2 is 1.92 bits per heavy atom. The van der Waals surface area contributed by atoms with Crippen molar-refractivity contribution in [3.8, 4) is 11.5 Å². The molecule has 4 nitrogen and oxygen atoms in total. The highest BCUT2D eigenvalue weighted by Crippen LogP contribution is 2.37. The van der Waals surface area contributed by atoms with Crippen molar-refractivity contribution in [3.63, 3.8) is 0 Å². The summed E-state index contributed by atoms with van der Waals surface area (Å²) in [5, 5.41) is 5.58. The minimum atomic E-state index is 0. The molecule has 0 radical (unpaired) electrons. The fourth-order valence-corrected chi connectivity index (χ4v) is 3.96. The van der Waals surface area contributed by atoms with Gasteiger partial charge in [0.2, 0.25) is 0 Å². The van der Waals surface area contributed by atoms with E-state index in [2.05, 4.69) is 39.9 Å². The Hall–Kier alpha value is -0.980. The second kappa shape index (κ2) is 10.9. The van der Waals surface area contributed by atoms with Crippen LogP contribution in [0, 0.1) is 0 Å². The van der Waals surface area contributed by atoms with Crippen molar-refractivity contribution < 1.29 is 9.47 Å². The van der Waals surface area contributed by atoms with Crippen molar-refractivity contribution in [3.05, 3.63) is 46.2 Å². The van der Waals surface area contributed by atoms with Gasteiger partial charge < -0.3 is 14.8 Å². The zero-order valence-corrected chi connectivity index (χ0v) is 17.0. The molecule has 1 N–H and O–H groups in total. The molecule has 2 aromatic rings. The zero-order valence-electron chi connectivity index (χ0n) is 14.6. The van der Waals surface area contributed by atoms with Crippen LogP contribution < -0.4 is 14.8 Å². The minimum Gasteiger partial charge on any atom is -0.493 e. The van der Waals surface area contributed by atoms with Crippen molar-refractivity contribution in [1.29, 1.82) is 0 Å². The van der Waals surface area contributed by atoms with E-state index in [1.807, 2.05) is 24.3 Å². The van der Waals surface area contributed by atoms with Gasteiger partial charge >= 0.3 is 0 Å². The number of nitrogens with one attached hydrogen (secondary N) is 1. The summed E-state index contributed by atoms with van der Waals surface area (Å²) in [6.45, 7) is 6.82. The van der Waals surface area contributed by atoms with Crippen LogP contribution in [0.25, 0.3) is 0 Å².